The first-order valence-electron chi connectivity index (χ1n) is 6.60. The molecule has 0 aliphatic carbocycles. The highest BCUT2D eigenvalue weighted by molar-refractivity contribution is 7.89. The number of hydrogen-bond donors (Lipinski definition) is 1. The first kappa shape index (κ1) is 16.3. The van der Waals surface area contributed by atoms with Crippen LogP contribution in [0.5, 0.6) is 0 Å². The summed E-state index contributed by atoms with van der Waals surface area (Å²) in [6, 6.07) is 7.91. The maximum atomic E-state index is 12.3. The van der Waals surface area contributed by atoms with Crippen molar-refractivity contribution in [1.82, 2.24) is 9.62 Å². The van der Waals surface area contributed by atoms with Crippen LogP contribution in [0.1, 0.15) is 6.42 Å². The van der Waals surface area contributed by atoms with E-state index in [1.165, 1.54) is 17.0 Å². The van der Waals surface area contributed by atoms with E-state index in [0.29, 0.717) is 13.0 Å². The lowest BCUT2D eigenvalue weighted by Crippen LogP contribution is -2.34. The Kier molecular flexibility index (Phi) is 4.90. The minimum atomic E-state index is -4.21. The topological polar surface area (TPSA) is 49.4 Å². The Morgan fingerprint density at radius 1 is 1.24 bits per heavy atom. The largest absolute Gasteiger partial charge is 0.401 e. The Labute approximate surface area is 122 Å². The van der Waals surface area contributed by atoms with Gasteiger partial charge in [-0.05, 0) is 31.0 Å². The molecule has 1 saturated heterocycles. The Balaban J connectivity index is 1.85. The van der Waals surface area contributed by atoms with E-state index in [-0.39, 0.29) is 23.9 Å². The highest BCUT2D eigenvalue weighted by Crippen LogP contribution is 2.22. The number of sulfonamides is 1. The quantitative estimate of drug-likeness (QED) is 0.900. The maximum absolute atomic E-state index is 12.3. The lowest BCUT2D eigenvalue weighted by atomic mass is 10.1. The summed E-state index contributed by atoms with van der Waals surface area (Å²) in [7, 11) is -3.59. The molecule has 1 atom stereocenters. The van der Waals surface area contributed by atoms with Crippen molar-refractivity contribution in [1.29, 1.82) is 0 Å². The van der Waals surface area contributed by atoms with Gasteiger partial charge in [0.05, 0.1) is 11.4 Å². The molecule has 21 heavy (non-hydrogen) atoms. The van der Waals surface area contributed by atoms with Gasteiger partial charge < -0.3 is 0 Å². The molecule has 4 nitrogen and oxygen atoms in total. The number of halogens is 3. The predicted octanol–water partition coefficient (Wildman–Crippen LogP) is 1.85. The molecule has 1 fully saturated rings. The molecule has 118 valence electrons. The summed E-state index contributed by atoms with van der Waals surface area (Å²) in [5, 5.41) is 0. The van der Waals surface area contributed by atoms with E-state index in [0.717, 1.165) is 0 Å². The summed E-state index contributed by atoms with van der Waals surface area (Å²) in [6.07, 6.45) is -3.65. The molecule has 1 unspecified atom stereocenters. The molecule has 0 aromatic heterocycles. The zero-order valence-electron chi connectivity index (χ0n) is 11.3. The molecule has 0 radical (unpaired) electrons. The van der Waals surface area contributed by atoms with Crippen molar-refractivity contribution in [2.45, 2.75) is 17.5 Å². The molecular formula is C13H17F3N2O2S. The van der Waals surface area contributed by atoms with Crippen LogP contribution in [0.25, 0.3) is 0 Å². The van der Waals surface area contributed by atoms with Gasteiger partial charge in [-0.25, -0.2) is 13.1 Å². The van der Waals surface area contributed by atoms with Crippen molar-refractivity contribution in [3.05, 3.63) is 30.3 Å². The van der Waals surface area contributed by atoms with Crippen molar-refractivity contribution in [2.24, 2.45) is 5.92 Å². The molecule has 1 aliphatic rings. The Morgan fingerprint density at radius 2 is 1.90 bits per heavy atom. The summed E-state index contributed by atoms with van der Waals surface area (Å²) in [4.78, 5) is 1.47. The van der Waals surface area contributed by atoms with Gasteiger partial charge in [0.1, 0.15) is 0 Å². The van der Waals surface area contributed by atoms with Gasteiger partial charge in [0.2, 0.25) is 10.0 Å². The highest BCUT2D eigenvalue weighted by Gasteiger charge is 2.34. The third kappa shape index (κ3) is 4.98. The smallest absolute Gasteiger partial charge is 0.295 e. The number of benzene rings is 1. The van der Waals surface area contributed by atoms with Crippen LogP contribution in [-0.4, -0.2) is 45.7 Å². The molecule has 8 heteroatoms. The SMILES string of the molecule is O=S(=O)(NCC1CCN(CC(F)(F)F)C1)c1ccccc1. The third-order valence-corrected chi connectivity index (χ3v) is 4.83. The minimum absolute atomic E-state index is 0.0918. The van der Waals surface area contributed by atoms with Crippen LogP contribution in [0.3, 0.4) is 0 Å². The van der Waals surface area contributed by atoms with Crippen molar-refractivity contribution in [3.8, 4) is 0 Å². The van der Waals surface area contributed by atoms with E-state index >= 15 is 0 Å². The minimum Gasteiger partial charge on any atom is -0.295 e. The average molecular weight is 322 g/mol. The second kappa shape index (κ2) is 6.33. The van der Waals surface area contributed by atoms with Crippen molar-refractivity contribution >= 4 is 10.0 Å². The molecule has 1 aliphatic heterocycles. The molecule has 1 aromatic carbocycles. The van der Waals surface area contributed by atoms with Gasteiger partial charge >= 0.3 is 6.18 Å². The van der Waals surface area contributed by atoms with E-state index in [4.69, 9.17) is 0 Å². The van der Waals surface area contributed by atoms with E-state index in [1.54, 1.807) is 18.2 Å². The standard InChI is InChI=1S/C13H17F3N2O2S/c14-13(15,16)10-18-7-6-11(9-18)8-17-21(19,20)12-4-2-1-3-5-12/h1-5,11,17H,6-10H2. The number of nitrogens with zero attached hydrogens (tertiary/aromatic N) is 1. The number of rotatable bonds is 5. The fraction of sp³-hybridized carbons (Fsp3) is 0.538. The number of alkyl halides is 3. The van der Waals surface area contributed by atoms with Gasteiger partial charge in [-0.1, -0.05) is 18.2 Å². The Morgan fingerprint density at radius 3 is 2.52 bits per heavy atom. The zero-order valence-corrected chi connectivity index (χ0v) is 12.1. The van der Waals surface area contributed by atoms with Crippen LogP contribution in [0, 0.1) is 5.92 Å². The van der Waals surface area contributed by atoms with Gasteiger partial charge in [-0.3, -0.25) is 4.90 Å². The molecule has 0 amide bonds. The zero-order chi connectivity index (χ0) is 15.5. The van der Waals surface area contributed by atoms with E-state index in [1.807, 2.05) is 0 Å². The lowest BCUT2D eigenvalue weighted by Gasteiger charge is -2.18. The maximum Gasteiger partial charge on any atom is 0.401 e. The fourth-order valence-corrected chi connectivity index (χ4v) is 3.52. The molecule has 0 bridgehead atoms. The van der Waals surface area contributed by atoms with Crippen LogP contribution in [-0.2, 0) is 10.0 Å². The van der Waals surface area contributed by atoms with E-state index in [2.05, 4.69) is 4.72 Å². The predicted molar refractivity (Wildman–Crippen MR) is 72.2 cm³/mol. The van der Waals surface area contributed by atoms with Crippen LogP contribution in [0.2, 0.25) is 0 Å². The normalized spacial score (nSPS) is 20.8. The molecule has 2 rings (SSSR count). The van der Waals surface area contributed by atoms with E-state index in [9.17, 15) is 21.6 Å². The summed E-state index contributed by atoms with van der Waals surface area (Å²) >= 11 is 0. The van der Waals surface area contributed by atoms with Crippen molar-refractivity contribution in [3.63, 3.8) is 0 Å². The van der Waals surface area contributed by atoms with Crippen molar-refractivity contribution < 1.29 is 21.6 Å². The third-order valence-electron chi connectivity index (χ3n) is 3.39. The number of likely N-dealkylation sites (tertiary alicyclic amines) is 1. The summed E-state index contributed by atoms with van der Waals surface area (Å²) in [5.74, 6) is -0.0918. The second-order valence-corrected chi connectivity index (χ2v) is 6.94. The van der Waals surface area contributed by atoms with Crippen LogP contribution in [0.4, 0.5) is 13.2 Å². The van der Waals surface area contributed by atoms with E-state index < -0.39 is 22.7 Å². The van der Waals surface area contributed by atoms with Crippen LogP contribution < -0.4 is 4.72 Å². The second-order valence-electron chi connectivity index (χ2n) is 5.17. The summed E-state index contributed by atoms with van der Waals surface area (Å²) in [6.45, 7) is -0.172. The molecule has 0 saturated carbocycles. The molecule has 0 spiro atoms. The molecule has 1 aromatic rings. The van der Waals surface area contributed by atoms with Gasteiger partial charge in [0.25, 0.3) is 0 Å². The number of hydrogen-bond acceptors (Lipinski definition) is 3. The summed E-state index contributed by atoms with van der Waals surface area (Å²) in [5.41, 5.74) is 0. The van der Waals surface area contributed by atoms with Gasteiger partial charge in [0, 0.05) is 13.1 Å². The Hall–Kier alpha value is -1.12. The first-order valence-corrected chi connectivity index (χ1v) is 8.08. The van der Waals surface area contributed by atoms with Gasteiger partial charge in [-0.15, -0.1) is 0 Å². The molecular weight excluding hydrogens is 305 g/mol. The highest BCUT2D eigenvalue weighted by atomic mass is 32.2. The van der Waals surface area contributed by atoms with Gasteiger partial charge in [0.15, 0.2) is 0 Å². The molecule has 1 heterocycles. The summed E-state index contributed by atoms with van der Waals surface area (Å²) < 4.78 is 63.3. The monoisotopic (exact) mass is 322 g/mol. The average Bonchev–Trinajstić information content (AvgIpc) is 2.83. The fourth-order valence-electron chi connectivity index (χ4n) is 2.39. The number of nitrogens with one attached hydrogen (secondary N) is 1. The Bertz CT molecular complexity index is 561. The van der Waals surface area contributed by atoms with Gasteiger partial charge in [-0.2, -0.15) is 13.2 Å². The molecule has 1 N–H and O–H groups in total. The lowest BCUT2D eigenvalue weighted by molar-refractivity contribution is -0.143. The van der Waals surface area contributed by atoms with Crippen LogP contribution >= 0.6 is 0 Å². The first-order chi connectivity index (χ1) is 9.76. The van der Waals surface area contributed by atoms with Crippen molar-refractivity contribution in [2.75, 3.05) is 26.2 Å². The van der Waals surface area contributed by atoms with Crippen LogP contribution in [0.15, 0.2) is 35.2 Å².